The number of amides is 1. The number of nitrogens with one attached hydrogen (secondary N) is 1. The van der Waals surface area contributed by atoms with Crippen LogP contribution in [0.1, 0.15) is 49.3 Å². The highest BCUT2D eigenvalue weighted by molar-refractivity contribution is 5.79. The van der Waals surface area contributed by atoms with Crippen LogP contribution in [-0.2, 0) is 11.2 Å². The van der Waals surface area contributed by atoms with Gasteiger partial charge in [0.15, 0.2) is 0 Å². The number of aryl methyl sites for hydroxylation is 1. The second kappa shape index (κ2) is 5.52. The van der Waals surface area contributed by atoms with E-state index in [1.807, 2.05) is 0 Å². The summed E-state index contributed by atoms with van der Waals surface area (Å²) in [6.07, 6.45) is 5.48. The van der Waals surface area contributed by atoms with Gasteiger partial charge in [0.1, 0.15) is 5.82 Å². The Morgan fingerprint density at radius 1 is 1.30 bits per heavy atom. The molecule has 0 heterocycles. The first kappa shape index (κ1) is 13.6. The van der Waals surface area contributed by atoms with E-state index in [0.717, 1.165) is 49.7 Å². The minimum absolute atomic E-state index is 0.0382. The van der Waals surface area contributed by atoms with Crippen molar-refractivity contribution in [2.75, 3.05) is 0 Å². The molecule has 4 heteroatoms. The number of carbonyl (C=O) groups excluding carboxylic acids is 1. The van der Waals surface area contributed by atoms with Crippen molar-refractivity contribution in [3.8, 4) is 0 Å². The van der Waals surface area contributed by atoms with E-state index in [-0.39, 0.29) is 29.7 Å². The van der Waals surface area contributed by atoms with Gasteiger partial charge >= 0.3 is 0 Å². The zero-order chi connectivity index (χ0) is 14.1. The van der Waals surface area contributed by atoms with Crippen LogP contribution in [0.3, 0.4) is 0 Å². The molecule has 20 heavy (non-hydrogen) atoms. The molecular weight excluding hydrogens is 255 g/mol. The van der Waals surface area contributed by atoms with Crippen LogP contribution in [0.2, 0.25) is 0 Å². The van der Waals surface area contributed by atoms with E-state index in [9.17, 15) is 9.18 Å². The quantitative estimate of drug-likeness (QED) is 0.871. The predicted octanol–water partition coefficient (Wildman–Crippen LogP) is 2.45. The van der Waals surface area contributed by atoms with Crippen molar-refractivity contribution >= 4 is 5.91 Å². The number of rotatable bonds is 2. The van der Waals surface area contributed by atoms with Gasteiger partial charge in [0.05, 0.1) is 6.04 Å². The zero-order valence-corrected chi connectivity index (χ0v) is 11.6. The highest BCUT2D eigenvalue weighted by Gasteiger charge is 2.29. The molecule has 2 aliphatic carbocycles. The van der Waals surface area contributed by atoms with Gasteiger partial charge in [-0.1, -0.05) is 12.5 Å². The van der Waals surface area contributed by atoms with Crippen LogP contribution in [0.25, 0.3) is 0 Å². The van der Waals surface area contributed by atoms with E-state index in [1.54, 1.807) is 12.1 Å². The standard InChI is InChI=1S/C16H21FN2O/c17-12-5-6-14-10(8-12)4-7-15(14)19-16(20)11-2-1-3-13(18)9-11/h5-6,8,11,13,15H,1-4,7,9,18H2,(H,19,20). The lowest BCUT2D eigenvalue weighted by atomic mass is 9.85. The molecule has 2 aliphatic rings. The summed E-state index contributed by atoms with van der Waals surface area (Å²) in [5.41, 5.74) is 8.04. The Morgan fingerprint density at radius 2 is 2.15 bits per heavy atom. The second-order valence-electron chi connectivity index (χ2n) is 6.07. The lowest BCUT2D eigenvalue weighted by molar-refractivity contribution is -0.126. The lowest BCUT2D eigenvalue weighted by Crippen LogP contribution is -2.38. The molecule has 0 radical (unpaired) electrons. The summed E-state index contributed by atoms with van der Waals surface area (Å²) in [5.74, 6) is -0.0421. The molecule has 1 amide bonds. The maximum absolute atomic E-state index is 13.2. The first-order chi connectivity index (χ1) is 9.63. The Balaban J connectivity index is 1.66. The van der Waals surface area contributed by atoms with Crippen LogP contribution in [0.5, 0.6) is 0 Å². The Kier molecular flexibility index (Phi) is 3.74. The molecule has 108 valence electrons. The number of hydrogen-bond acceptors (Lipinski definition) is 2. The second-order valence-corrected chi connectivity index (χ2v) is 6.07. The van der Waals surface area contributed by atoms with Crippen molar-refractivity contribution < 1.29 is 9.18 Å². The normalized spacial score (nSPS) is 29.0. The fourth-order valence-corrected chi connectivity index (χ4v) is 3.49. The van der Waals surface area contributed by atoms with E-state index in [4.69, 9.17) is 5.73 Å². The smallest absolute Gasteiger partial charge is 0.223 e. The van der Waals surface area contributed by atoms with Crippen molar-refractivity contribution in [1.29, 1.82) is 0 Å². The van der Waals surface area contributed by atoms with Gasteiger partial charge in [-0.3, -0.25) is 4.79 Å². The summed E-state index contributed by atoms with van der Waals surface area (Å²) in [5, 5.41) is 3.13. The molecule has 0 aliphatic heterocycles. The fourth-order valence-electron chi connectivity index (χ4n) is 3.49. The Hall–Kier alpha value is -1.42. The molecule has 3 nitrogen and oxygen atoms in total. The van der Waals surface area contributed by atoms with E-state index < -0.39 is 0 Å². The van der Waals surface area contributed by atoms with Crippen molar-refractivity contribution in [2.45, 2.75) is 50.6 Å². The van der Waals surface area contributed by atoms with Crippen LogP contribution < -0.4 is 11.1 Å². The number of hydrogen-bond donors (Lipinski definition) is 2. The minimum Gasteiger partial charge on any atom is -0.349 e. The van der Waals surface area contributed by atoms with Crippen molar-refractivity contribution in [1.82, 2.24) is 5.32 Å². The number of benzene rings is 1. The van der Waals surface area contributed by atoms with Gasteiger partial charge in [-0.15, -0.1) is 0 Å². The molecule has 0 aromatic heterocycles. The van der Waals surface area contributed by atoms with Crippen LogP contribution in [0.15, 0.2) is 18.2 Å². The highest BCUT2D eigenvalue weighted by atomic mass is 19.1. The summed E-state index contributed by atoms with van der Waals surface area (Å²) in [6.45, 7) is 0. The third kappa shape index (κ3) is 2.70. The first-order valence-corrected chi connectivity index (χ1v) is 7.48. The van der Waals surface area contributed by atoms with Gasteiger partial charge in [-0.25, -0.2) is 4.39 Å². The molecule has 1 aromatic rings. The zero-order valence-electron chi connectivity index (χ0n) is 11.6. The van der Waals surface area contributed by atoms with Gasteiger partial charge in [0, 0.05) is 12.0 Å². The Morgan fingerprint density at radius 3 is 2.95 bits per heavy atom. The van der Waals surface area contributed by atoms with Crippen LogP contribution in [0, 0.1) is 11.7 Å². The van der Waals surface area contributed by atoms with Gasteiger partial charge in [0.2, 0.25) is 5.91 Å². The predicted molar refractivity (Wildman–Crippen MR) is 75.5 cm³/mol. The molecular formula is C16H21FN2O. The summed E-state index contributed by atoms with van der Waals surface area (Å²) < 4.78 is 13.2. The summed E-state index contributed by atoms with van der Waals surface area (Å²) >= 11 is 0. The molecule has 3 unspecified atom stereocenters. The van der Waals surface area contributed by atoms with Gasteiger partial charge < -0.3 is 11.1 Å². The lowest BCUT2D eigenvalue weighted by Gasteiger charge is -2.27. The van der Waals surface area contributed by atoms with E-state index in [1.165, 1.54) is 6.07 Å². The number of nitrogens with two attached hydrogens (primary N) is 1. The number of halogens is 1. The van der Waals surface area contributed by atoms with Gasteiger partial charge in [-0.05, 0) is 55.4 Å². The molecule has 1 aromatic carbocycles. The average Bonchev–Trinajstić information content (AvgIpc) is 2.81. The van der Waals surface area contributed by atoms with Crippen LogP contribution in [-0.4, -0.2) is 11.9 Å². The van der Waals surface area contributed by atoms with E-state index in [0.29, 0.717) is 0 Å². The molecule has 0 saturated heterocycles. The van der Waals surface area contributed by atoms with E-state index >= 15 is 0 Å². The summed E-state index contributed by atoms with van der Waals surface area (Å²) in [7, 11) is 0. The number of carbonyl (C=O) groups is 1. The monoisotopic (exact) mass is 276 g/mol. The SMILES string of the molecule is NC1CCCC(C(=O)NC2CCc3cc(F)ccc32)C1. The molecule has 3 rings (SSSR count). The van der Waals surface area contributed by atoms with Crippen molar-refractivity contribution in [3.05, 3.63) is 35.1 Å². The largest absolute Gasteiger partial charge is 0.349 e. The molecule has 3 atom stereocenters. The van der Waals surface area contributed by atoms with Crippen LogP contribution in [0.4, 0.5) is 4.39 Å². The Bertz CT molecular complexity index is 517. The average molecular weight is 276 g/mol. The molecule has 0 bridgehead atoms. The fraction of sp³-hybridized carbons (Fsp3) is 0.562. The highest BCUT2D eigenvalue weighted by Crippen LogP contribution is 2.32. The Labute approximate surface area is 118 Å². The van der Waals surface area contributed by atoms with Crippen LogP contribution >= 0.6 is 0 Å². The molecule has 0 spiro atoms. The topological polar surface area (TPSA) is 55.1 Å². The van der Waals surface area contributed by atoms with E-state index in [2.05, 4.69) is 5.32 Å². The first-order valence-electron chi connectivity index (χ1n) is 7.48. The van der Waals surface area contributed by atoms with Gasteiger partial charge in [0.25, 0.3) is 0 Å². The third-order valence-corrected chi connectivity index (χ3v) is 4.58. The maximum atomic E-state index is 13.2. The molecule has 3 N–H and O–H groups in total. The summed E-state index contributed by atoms with van der Waals surface area (Å²) in [4.78, 5) is 12.3. The molecule has 1 fully saturated rings. The van der Waals surface area contributed by atoms with Gasteiger partial charge in [-0.2, -0.15) is 0 Å². The summed E-state index contributed by atoms with van der Waals surface area (Å²) in [6, 6.07) is 5.05. The maximum Gasteiger partial charge on any atom is 0.223 e. The number of fused-ring (bicyclic) bond motifs is 1. The minimum atomic E-state index is -0.200. The van der Waals surface area contributed by atoms with Crippen molar-refractivity contribution in [2.24, 2.45) is 11.7 Å². The molecule has 1 saturated carbocycles. The third-order valence-electron chi connectivity index (χ3n) is 4.58. The van der Waals surface area contributed by atoms with Crippen molar-refractivity contribution in [3.63, 3.8) is 0 Å².